The number of nitrogens with zero attached hydrogens (tertiary/aromatic N) is 4. The van der Waals surface area contributed by atoms with Crippen LogP contribution in [0.5, 0.6) is 5.75 Å². The minimum Gasteiger partial charge on any atom is -0.495 e. The van der Waals surface area contributed by atoms with Crippen LogP contribution in [-0.2, 0) is 15.4 Å². The first-order chi connectivity index (χ1) is 15.4. The average molecular weight is 477 g/mol. The second-order valence-electron chi connectivity index (χ2n) is 8.45. The average Bonchev–Trinajstić information content (AvgIpc) is 2.75. The Morgan fingerprint density at radius 2 is 1.82 bits per heavy atom. The first-order valence-electron chi connectivity index (χ1n) is 9.87. The van der Waals surface area contributed by atoms with Crippen molar-refractivity contribution in [3.05, 3.63) is 48.1 Å². The molecule has 33 heavy (non-hydrogen) atoms. The molecular formula is C21H22F2N6O3S. The number of ether oxygens (including phenoxy) is 1. The van der Waals surface area contributed by atoms with Gasteiger partial charge in [0.25, 0.3) is 0 Å². The molecule has 4 rings (SSSR count). The van der Waals surface area contributed by atoms with Crippen LogP contribution in [-0.4, -0.2) is 46.8 Å². The van der Waals surface area contributed by atoms with Gasteiger partial charge in [0.05, 0.1) is 37.1 Å². The lowest BCUT2D eigenvalue weighted by Gasteiger charge is -2.37. The third-order valence-electron chi connectivity index (χ3n) is 5.80. The van der Waals surface area contributed by atoms with Gasteiger partial charge in [0, 0.05) is 10.9 Å². The molecule has 0 amide bonds. The van der Waals surface area contributed by atoms with Crippen LogP contribution in [0, 0.1) is 11.8 Å². The van der Waals surface area contributed by atoms with Gasteiger partial charge in [-0.3, -0.25) is 4.99 Å². The Labute approximate surface area is 189 Å². The standard InChI is InChI=1S/C21H22F2N6O3S/c1-20(2)19(24)29-21(3,10-33(20,30)31)14-5-11(7-26-17(14)23)28-18-16-13(15(22)9-27-18)6-12(32-4)8-25-16/h5-9H,10H2,1-4H3,(H2,24,29)(H,27,28)/t21-/m0/s1. The number of rotatable bonds is 4. The maximum Gasteiger partial charge on any atom is 0.218 e. The zero-order valence-electron chi connectivity index (χ0n) is 18.3. The van der Waals surface area contributed by atoms with Crippen molar-refractivity contribution in [2.24, 2.45) is 10.7 Å². The molecule has 0 aliphatic carbocycles. The van der Waals surface area contributed by atoms with E-state index in [1.165, 1.54) is 52.4 Å². The molecule has 3 N–H and O–H groups in total. The van der Waals surface area contributed by atoms with Gasteiger partial charge in [-0.2, -0.15) is 4.39 Å². The molecule has 12 heteroatoms. The van der Waals surface area contributed by atoms with E-state index in [0.29, 0.717) is 5.75 Å². The highest BCUT2D eigenvalue weighted by atomic mass is 32.2. The third kappa shape index (κ3) is 3.73. The van der Waals surface area contributed by atoms with Crippen molar-refractivity contribution in [2.45, 2.75) is 31.1 Å². The highest BCUT2D eigenvalue weighted by Gasteiger charge is 2.49. The second-order valence-corrected chi connectivity index (χ2v) is 11.0. The normalized spacial score (nSPS) is 21.5. The van der Waals surface area contributed by atoms with E-state index in [9.17, 15) is 17.2 Å². The number of nitrogens with one attached hydrogen (secondary N) is 1. The molecule has 1 atom stereocenters. The molecule has 0 unspecified atom stereocenters. The molecule has 3 aromatic rings. The molecule has 0 saturated carbocycles. The number of methoxy groups -OCH3 is 1. The minimum absolute atomic E-state index is 0.0597. The van der Waals surface area contributed by atoms with E-state index < -0.39 is 37.6 Å². The van der Waals surface area contributed by atoms with Crippen LogP contribution in [0.2, 0.25) is 0 Å². The fourth-order valence-corrected chi connectivity index (χ4v) is 5.27. The molecular weight excluding hydrogens is 454 g/mol. The number of halogens is 2. The summed E-state index contributed by atoms with van der Waals surface area (Å²) in [5, 5.41) is 3.12. The van der Waals surface area contributed by atoms with E-state index in [2.05, 4.69) is 25.3 Å². The van der Waals surface area contributed by atoms with Crippen molar-refractivity contribution in [3.8, 4) is 5.75 Å². The number of nitrogens with two attached hydrogens (primary N) is 1. The van der Waals surface area contributed by atoms with Gasteiger partial charge in [-0.15, -0.1) is 0 Å². The molecule has 1 aliphatic rings. The number of amidine groups is 1. The fourth-order valence-electron chi connectivity index (χ4n) is 3.58. The van der Waals surface area contributed by atoms with Crippen LogP contribution >= 0.6 is 0 Å². The number of hydrogen-bond acceptors (Lipinski definition) is 9. The van der Waals surface area contributed by atoms with Gasteiger partial charge in [-0.1, -0.05) is 0 Å². The van der Waals surface area contributed by atoms with Crippen molar-refractivity contribution in [1.82, 2.24) is 15.0 Å². The largest absolute Gasteiger partial charge is 0.495 e. The summed E-state index contributed by atoms with van der Waals surface area (Å²) in [7, 11) is -2.30. The van der Waals surface area contributed by atoms with Crippen molar-refractivity contribution in [2.75, 3.05) is 18.2 Å². The van der Waals surface area contributed by atoms with E-state index in [-0.39, 0.29) is 33.8 Å². The Bertz CT molecular complexity index is 1410. The molecule has 0 radical (unpaired) electrons. The molecule has 0 fully saturated rings. The number of pyridine rings is 3. The summed E-state index contributed by atoms with van der Waals surface area (Å²) in [6.45, 7) is 4.40. The number of aromatic nitrogens is 3. The summed E-state index contributed by atoms with van der Waals surface area (Å²) < 4.78 is 58.4. The smallest absolute Gasteiger partial charge is 0.218 e. The summed E-state index contributed by atoms with van der Waals surface area (Å²) in [6, 6.07) is 2.86. The van der Waals surface area contributed by atoms with Crippen LogP contribution in [0.15, 0.2) is 35.7 Å². The zero-order chi connectivity index (χ0) is 24.2. The first-order valence-corrected chi connectivity index (χ1v) is 11.5. The zero-order valence-corrected chi connectivity index (χ0v) is 19.2. The van der Waals surface area contributed by atoms with E-state index in [4.69, 9.17) is 10.5 Å². The summed E-state index contributed by atoms with van der Waals surface area (Å²) in [5.41, 5.74) is 4.91. The fraction of sp³-hybridized carbons (Fsp3) is 0.333. The molecule has 4 heterocycles. The van der Waals surface area contributed by atoms with Crippen molar-refractivity contribution in [1.29, 1.82) is 0 Å². The van der Waals surface area contributed by atoms with Crippen LogP contribution in [0.25, 0.3) is 10.9 Å². The lowest BCUT2D eigenvalue weighted by molar-refractivity contribution is 0.413. The lowest BCUT2D eigenvalue weighted by atomic mass is 9.94. The van der Waals surface area contributed by atoms with Crippen molar-refractivity contribution in [3.63, 3.8) is 0 Å². The SMILES string of the molecule is COc1cnc2c(Nc3cnc(F)c([C@]4(C)CS(=O)(=O)C(C)(C)C(N)=N4)c3)ncc(F)c2c1. The van der Waals surface area contributed by atoms with Crippen LogP contribution in [0.3, 0.4) is 0 Å². The Kier molecular flexibility index (Phi) is 5.23. The van der Waals surface area contributed by atoms with Gasteiger partial charge < -0.3 is 15.8 Å². The van der Waals surface area contributed by atoms with Gasteiger partial charge in [0.15, 0.2) is 21.5 Å². The number of aliphatic imine (C=N–C) groups is 1. The Morgan fingerprint density at radius 3 is 2.48 bits per heavy atom. The van der Waals surface area contributed by atoms with Gasteiger partial charge >= 0.3 is 0 Å². The van der Waals surface area contributed by atoms with Gasteiger partial charge in [0.1, 0.15) is 27.4 Å². The van der Waals surface area contributed by atoms with Gasteiger partial charge in [0.2, 0.25) is 5.95 Å². The summed E-state index contributed by atoms with van der Waals surface area (Å²) in [6.07, 6.45) is 3.64. The predicted molar refractivity (Wildman–Crippen MR) is 120 cm³/mol. The molecule has 9 nitrogen and oxygen atoms in total. The minimum atomic E-state index is -3.74. The maximum atomic E-state index is 14.8. The van der Waals surface area contributed by atoms with Gasteiger partial charge in [-0.05, 0) is 32.9 Å². The molecule has 0 spiro atoms. The maximum absolute atomic E-state index is 14.8. The van der Waals surface area contributed by atoms with E-state index >= 15 is 0 Å². The molecule has 0 aromatic carbocycles. The number of fused-ring (bicyclic) bond motifs is 1. The Balaban J connectivity index is 1.78. The second kappa shape index (κ2) is 7.58. The highest BCUT2D eigenvalue weighted by Crippen LogP contribution is 2.38. The Hall–Kier alpha value is -3.41. The topological polar surface area (TPSA) is 132 Å². The van der Waals surface area contributed by atoms with Crippen LogP contribution < -0.4 is 15.8 Å². The number of sulfone groups is 1. The van der Waals surface area contributed by atoms with Crippen molar-refractivity contribution >= 4 is 38.1 Å². The third-order valence-corrected chi connectivity index (χ3v) is 8.51. The summed E-state index contributed by atoms with van der Waals surface area (Å²) in [5.74, 6) is -1.47. The molecule has 0 saturated heterocycles. The summed E-state index contributed by atoms with van der Waals surface area (Å²) in [4.78, 5) is 16.3. The Morgan fingerprint density at radius 1 is 1.09 bits per heavy atom. The van der Waals surface area contributed by atoms with E-state index in [1.807, 2.05) is 0 Å². The molecule has 174 valence electrons. The lowest BCUT2D eigenvalue weighted by Crippen LogP contribution is -2.55. The first kappa shape index (κ1) is 22.8. The monoisotopic (exact) mass is 476 g/mol. The predicted octanol–water partition coefficient (Wildman–Crippen LogP) is 2.83. The van der Waals surface area contributed by atoms with Crippen LogP contribution in [0.4, 0.5) is 20.3 Å². The molecule has 1 aliphatic heterocycles. The van der Waals surface area contributed by atoms with Crippen molar-refractivity contribution < 1.29 is 21.9 Å². The van der Waals surface area contributed by atoms with E-state index in [1.54, 1.807) is 0 Å². The number of hydrogen-bond donors (Lipinski definition) is 2. The highest BCUT2D eigenvalue weighted by molar-refractivity contribution is 7.93. The van der Waals surface area contributed by atoms with Crippen LogP contribution in [0.1, 0.15) is 26.3 Å². The summed E-state index contributed by atoms with van der Waals surface area (Å²) >= 11 is 0. The quantitative estimate of drug-likeness (QED) is 0.550. The van der Waals surface area contributed by atoms with Gasteiger partial charge in [-0.25, -0.2) is 27.8 Å². The molecule has 0 bridgehead atoms. The molecule has 3 aromatic heterocycles. The number of anilines is 2. The van der Waals surface area contributed by atoms with E-state index in [0.717, 1.165) is 6.20 Å².